The van der Waals surface area contributed by atoms with Gasteiger partial charge in [0.05, 0.1) is 15.6 Å². The molecular formula is C27H28Cl2FN3O4S. The molecule has 0 aliphatic rings. The number of halogens is 3. The molecule has 0 heterocycles. The van der Waals surface area contributed by atoms with Gasteiger partial charge in [0.15, 0.2) is 0 Å². The van der Waals surface area contributed by atoms with Gasteiger partial charge in [-0.05, 0) is 61.4 Å². The molecule has 0 radical (unpaired) electrons. The SMILES string of the molecule is CCCNC(=O)[C@@H](C)N(Cc1ccc(F)cc1)C(=O)CN(c1cc(Cl)ccc1Cl)S(=O)(=O)c1ccccc1. The number of amides is 2. The monoisotopic (exact) mass is 579 g/mol. The van der Waals surface area contributed by atoms with Crippen molar-refractivity contribution in [1.29, 1.82) is 0 Å². The van der Waals surface area contributed by atoms with Crippen molar-refractivity contribution in [2.45, 2.75) is 37.8 Å². The van der Waals surface area contributed by atoms with Gasteiger partial charge in [-0.2, -0.15) is 0 Å². The van der Waals surface area contributed by atoms with Gasteiger partial charge in [0, 0.05) is 18.1 Å². The summed E-state index contributed by atoms with van der Waals surface area (Å²) in [5, 5.41) is 3.05. The van der Waals surface area contributed by atoms with E-state index in [1.807, 2.05) is 6.92 Å². The molecular weight excluding hydrogens is 552 g/mol. The molecule has 1 atom stereocenters. The largest absolute Gasteiger partial charge is 0.354 e. The molecule has 0 saturated carbocycles. The van der Waals surface area contributed by atoms with Gasteiger partial charge < -0.3 is 10.2 Å². The molecule has 0 fully saturated rings. The van der Waals surface area contributed by atoms with E-state index in [1.165, 1.54) is 59.5 Å². The van der Waals surface area contributed by atoms with Crippen molar-refractivity contribution in [1.82, 2.24) is 10.2 Å². The van der Waals surface area contributed by atoms with Crippen LogP contribution in [0.5, 0.6) is 0 Å². The number of nitrogens with one attached hydrogen (secondary N) is 1. The van der Waals surface area contributed by atoms with Gasteiger partial charge in [0.1, 0.15) is 18.4 Å². The molecule has 202 valence electrons. The van der Waals surface area contributed by atoms with E-state index < -0.39 is 40.2 Å². The van der Waals surface area contributed by atoms with Gasteiger partial charge in [-0.3, -0.25) is 13.9 Å². The first-order chi connectivity index (χ1) is 18.0. The van der Waals surface area contributed by atoms with Gasteiger partial charge in [0.25, 0.3) is 10.0 Å². The second kappa shape index (κ2) is 13.1. The zero-order chi connectivity index (χ0) is 27.9. The predicted octanol–water partition coefficient (Wildman–Crippen LogP) is 5.27. The molecule has 0 saturated heterocycles. The van der Waals surface area contributed by atoms with Crippen molar-refractivity contribution in [2.75, 3.05) is 17.4 Å². The summed E-state index contributed by atoms with van der Waals surface area (Å²) in [5.41, 5.74) is 0.578. The maximum Gasteiger partial charge on any atom is 0.264 e. The van der Waals surface area contributed by atoms with Gasteiger partial charge in [-0.25, -0.2) is 12.8 Å². The number of sulfonamides is 1. The maximum atomic E-state index is 13.8. The van der Waals surface area contributed by atoms with Crippen molar-refractivity contribution in [3.63, 3.8) is 0 Å². The van der Waals surface area contributed by atoms with Gasteiger partial charge in [0.2, 0.25) is 11.8 Å². The molecule has 1 N–H and O–H groups in total. The van der Waals surface area contributed by atoms with Gasteiger partial charge in [-0.1, -0.05) is 60.5 Å². The van der Waals surface area contributed by atoms with E-state index >= 15 is 0 Å². The smallest absolute Gasteiger partial charge is 0.264 e. The van der Waals surface area contributed by atoms with Gasteiger partial charge in [-0.15, -0.1) is 0 Å². The standard InChI is InChI=1S/C27H28Cl2FN3O4S/c1-3-15-31-27(35)19(2)32(17-20-9-12-22(30)13-10-20)26(34)18-33(25-16-21(28)11-14-24(25)29)38(36,37)23-7-5-4-6-8-23/h4-14,16,19H,3,15,17-18H2,1-2H3,(H,31,35)/t19-/m1/s1. The lowest BCUT2D eigenvalue weighted by molar-refractivity contribution is -0.139. The Morgan fingerprint density at radius 2 is 1.66 bits per heavy atom. The Morgan fingerprint density at radius 3 is 2.29 bits per heavy atom. The Labute approximate surface area is 232 Å². The lowest BCUT2D eigenvalue weighted by atomic mass is 10.1. The lowest BCUT2D eigenvalue weighted by Gasteiger charge is -2.32. The van der Waals surface area contributed by atoms with Crippen molar-refractivity contribution in [3.8, 4) is 0 Å². The quantitative estimate of drug-likeness (QED) is 0.335. The first kappa shape index (κ1) is 29.4. The maximum absolute atomic E-state index is 13.8. The van der Waals surface area contributed by atoms with Crippen LogP contribution >= 0.6 is 23.2 Å². The Balaban J connectivity index is 2.04. The minimum Gasteiger partial charge on any atom is -0.354 e. The fourth-order valence-electron chi connectivity index (χ4n) is 3.68. The molecule has 11 heteroatoms. The zero-order valence-electron chi connectivity index (χ0n) is 20.9. The fraction of sp³-hybridized carbons (Fsp3) is 0.259. The number of carbonyl (C=O) groups is 2. The highest BCUT2D eigenvalue weighted by Gasteiger charge is 2.33. The van der Waals surface area contributed by atoms with Crippen LogP contribution in [0.25, 0.3) is 0 Å². The summed E-state index contributed by atoms with van der Waals surface area (Å²) in [5.74, 6) is -1.51. The van der Waals surface area contributed by atoms with Crippen molar-refractivity contribution in [3.05, 3.63) is 94.2 Å². The van der Waals surface area contributed by atoms with Crippen molar-refractivity contribution >= 4 is 50.7 Å². The summed E-state index contributed by atoms with van der Waals surface area (Å²) in [7, 11) is -4.27. The Bertz CT molecular complexity index is 1370. The number of hydrogen-bond donors (Lipinski definition) is 1. The highest BCUT2D eigenvalue weighted by atomic mass is 35.5. The highest BCUT2D eigenvalue weighted by molar-refractivity contribution is 7.92. The third kappa shape index (κ3) is 7.24. The molecule has 0 aliphatic carbocycles. The van der Waals surface area contributed by atoms with E-state index in [0.717, 1.165) is 4.31 Å². The third-order valence-electron chi connectivity index (χ3n) is 5.77. The molecule has 7 nitrogen and oxygen atoms in total. The summed E-state index contributed by atoms with van der Waals surface area (Å²) in [6.45, 7) is 3.14. The van der Waals surface area contributed by atoms with Crippen LogP contribution in [0.3, 0.4) is 0 Å². The van der Waals surface area contributed by atoms with Crippen molar-refractivity contribution in [2.24, 2.45) is 0 Å². The topological polar surface area (TPSA) is 86.8 Å². The summed E-state index contributed by atoms with van der Waals surface area (Å²) >= 11 is 12.5. The van der Waals surface area contributed by atoms with E-state index in [-0.39, 0.29) is 27.2 Å². The molecule has 0 bridgehead atoms. The molecule has 0 aromatic heterocycles. The van der Waals surface area contributed by atoms with E-state index in [2.05, 4.69) is 5.32 Å². The van der Waals surface area contributed by atoms with Crippen LogP contribution in [0.1, 0.15) is 25.8 Å². The summed E-state index contributed by atoms with van der Waals surface area (Å²) in [6, 6.07) is 16.5. The van der Waals surface area contributed by atoms with Crippen LogP contribution in [-0.2, 0) is 26.2 Å². The molecule has 0 unspecified atom stereocenters. The van der Waals surface area contributed by atoms with Crippen LogP contribution in [0.4, 0.5) is 10.1 Å². The minimum absolute atomic E-state index is 0.0150. The second-order valence-corrected chi connectivity index (χ2v) is 11.2. The molecule has 38 heavy (non-hydrogen) atoms. The molecule has 3 aromatic carbocycles. The summed E-state index contributed by atoms with van der Waals surface area (Å²) < 4.78 is 41.8. The van der Waals surface area contributed by atoms with Crippen LogP contribution in [-0.4, -0.2) is 44.3 Å². The Kier molecular flexibility index (Phi) is 10.1. The summed E-state index contributed by atoms with van der Waals surface area (Å²) in [4.78, 5) is 27.8. The molecule has 3 rings (SSSR count). The second-order valence-electron chi connectivity index (χ2n) is 8.54. The predicted molar refractivity (Wildman–Crippen MR) is 147 cm³/mol. The van der Waals surface area contributed by atoms with E-state index in [1.54, 1.807) is 25.1 Å². The normalized spacial score (nSPS) is 12.0. The third-order valence-corrected chi connectivity index (χ3v) is 8.10. The summed E-state index contributed by atoms with van der Waals surface area (Å²) in [6.07, 6.45) is 0.695. The number of rotatable bonds is 11. The molecule has 3 aromatic rings. The van der Waals surface area contributed by atoms with Crippen LogP contribution in [0.15, 0.2) is 77.7 Å². The Hall–Kier alpha value is -3.14. The minimum atomic E-state index is -4.27. The number of anilines is 1. The number of nitrogens with zero attached hydrogens (tertiary/aromatic N) is 2. The van der Waals surface area contributed by atoms with E-state index in [0.29, 0.717) is 18.5 Å². The number of benzene rings is 3. The van der Waals surface area contributed by atoms with Crippen LogP contribution in [0, 0.1) is 5.82 Å². The number of hydrogen-bond acceptors (Lipinski definition) is 4. The highest BCUT2D eigenvalue weighted by Crippen LogP contribution is 2.33. The van der Waals surface area contributed by atoms with Crippen LogP contribution < -0.4 is 9.62 Å². The van der Waals surface area contributed by atoms with E-state index in [4.69, 9.17) is 23.2 Å². The fourth-order valence-corrected chi connectivity index (χ4v) is 5.56. The average molecular weight is 581 g/mol. The van der Waals surface area contributed by atoms with Crippen molar-refractivity contribution < 1.29 is 22.4 Å². The molecule has 0 aliphatic heterocycles. The Morgan fingerprint density at radius 1 is 1.00 bits per heavy atom. The first-order valence-electron chi connectivity index (χ1n) is 11.9. The van der Waals surface area contributed by atoms with Gasteiger partial charge >= 0.3 is 0 Å². The van der Waals surface area contributed by atoms with Crippen LogP contribution in [0.2, 0.25) is 10.0 Å². The molecule has 0 spiro atoms. The number of carbonyl (C=O) groups excluding carboxylic acids is 2. The lowest BCUT2D eigenvalue weighted by Crippen LogP contribution is -2.51. The average Bonchev–Trinajstić information content (AvgIpc) is 2.91. The first-order valence-corrected chi connectivity index (χ1v) is 14.1. The van der Waals surface area contributed by atoms with E-state index in [9.17, 15) is 22.4 Å². The zero-order valence-corrected chi connectivity index (χ0v) is 23.2. The molecule has 2 amide bonds.